The molecular formula is C12H8ClFN2O3. The Labute approximate surface area is 113 Å². The van der Waals surface area contributed by atoms with Crippen LogP contribution >= 0.6 is 11.6 Å². The molecule has 0 saturated carbocycles. The molecule has 2 aromatic rings. The molecule has 0 N–H and O–H groups in total. The molecule has 0 unspecified atom stereocenters. The number of halogens is 2. The van der Waals surface area contributed by atoms with Crippen LogP contribution in [0.5, 0.6) is 11.6 Å². The lowest BCUT2D eigenvalue weighted by atomic mass is 10.3. The Bertz CT molecular complexity index is 622. The third-order valence-electron chi connectivity index (χ3n) is 2.12. The van der Waals surface area contributed by atoms with Crippen LogP contribution in [0.1, 0.15) is 10.5 Å². The van der Waals surface area contributed by atoms with Gasteiger partial charge >= 0.3 is 5.97 Å². The van der Waals surface area contributed by atoms with Gasteiger partial charge in [-0.2, -0.15) is 0 Å². The van der Waals surface area contributed by atoms with Crippen LogP contribution in [-0.4, -0.2) is 23.0 Å². The molecule has 1 heterocycles. The molecule has 0 aliphatic heterocycles. The van der Waals surface area contributed by atoms with Crippen LogP contribution in [0, 0.1) is 5.82 Å². The lowest BCUT2D eigenvalue weighted by molar-refractivity contribution is 0.0592. The average molecular weight is 283 g/mol. The summed E-state index contributed by atoms with van der Waals surface area (Å²) < 4.78 is 22.7. The number of ether oxygens (including phenoxy) is 2. The molecule has 2 rings (SSSR count). The highest BCUT2D eigenvalue weighted by atomic mass is 35.5. The van der Waals surface area contributed by atoms with Gasteiger partial charge in [0.05, 0.1) is 24.5 Å². The molecule has 19 heavy (non-hydrogen) atoms. The fourth-order valence-electron chi connectivity index (χ4n) is 1.27. The van der Waals surface area contributed by atoms with Gasteiger partial charge in [0, 0.05) is 0 Å². The van der Waals surface area contributed by atoms with Crippen LogP contribution in [-0.2, 0) is 4.74 Å². The highest BCUT2D eigenvalue weighted by Crippen LogP contribution is 2.28. The topological polar surface area (TPSA) is 61.3 Å². The normalized spacial score (nSPS) is 10.1. The van der Waals surface area contributed by atoms with E-state index in [1.807, 2.05) is 0 Å². The highest BCUT2D eigenvalue weighted by Gasteiger charge is 2.11. The van der Waals surface area contributed by atoms with Gasteiger partial charge in [-0.15, -0.1) is 0 Å². The van der Waals surface area contributed by atoms with Crippen LogP contribution in [0.15, 0.2) is 30.6 Å². The molecule has 5 nitrogen and oxygen atoms in total. The molecule has 0 radical (unpaired) electrons. The monoisotopic (exact) mass is 282 g/mol. The first-order chi connectivity index (χ1) is 9.10. The second-order valence-electron chi connectivity index (χ2n) is 3.41. The van der Waals surface area contributed by atoms with E-state index in [1.54, 1.807) is 0 Å². The smallest absolute Gasteiger partial charge is 0.358 e. The van der Waals surface area contributed by atoms with E-state index in [2.05, 4.69) is 14.7 Å². The van der Waals surface area contributed by atoms with Crippen molar-refractivity contribution >= 4 is 17.6 Å². The lowest BCUT2D eigenvalue weighted by Crippen LogP contribution is -2.05. The van der Waals surface area contributed by atoms with Gasteiger partial charge in [-0.1, -0.05) is 11.6 Å². The lowest BCUT2D eigenvalue weighted by Gasteiger charge is -2.06. The Morgan fingerprint density at radius 3 is 2.84 bits per heavy atom. The zero-order valence-electron chi connectivity index (χ0n) is 9.76. The van der Waals surface area contributed by atoms with Gasteiger partial charge in [-0.25, -0.2) is 14.2 Å². The first-order valence-corrected chi connectivity index (χ1v) is 5.51. The number of benzene rings is 1. The van der Waals surface area contributed by atoms with Crippen molar-refractivity contribution in [2.24, 2.45) is 0 Å². The molecule has 1 aromatic heterocycles. The fourth-order valence-corrected chi connectivity index (χ4v) is 1.48. The third-order valence-corrected chi connectivity index (χ3v) is 2.41. The third kappa shape index (κ3) is 3.17. The summed E-state index contributed by atoms with van der Waals surface area (Å²) in [6, 6.07) is 3.65. The highest BCUT2D eigenvalue weighted by molar-refractivity contribution is 6.32. The largest absolute Gasteiger partial charge is 0.464 e. The molecule has 1 aromatic carbocycles. The van der Waals surface area contributed by atoms with Crippen molar-refractivity contribution in [2.45, 2.75) is 0 Å². The Morgan fingerprint density at radius 1 is 1.37 bits per heavy atom. The van der Waals surface area contributed by atoms with Gasteiger partial charge in [0.2, 0.25) is 5.88 Å². The van der Waals surface area contributed by atoms with E-state index >= 15 is 0 Å². The predicted molar refractivity (Wildman–Crippen MR) is 64.9 cm³/mol. The number of aromatic nitrogens is 2. The number of carbonyl (C=O) groups excluding carboxylic acids is 1. The van der Waals surface area contributed by atoms with Crippen molar-refractivity contribution in [3.05, 3.63) is 47.1 Å². The summed E-state index contributed by atoms with van der Waals surface area (Å²) >= 11 is 5.80. The van der Waals surface area contributed by atoms with Crippen LogP contribution < -0.4 is 4.74 Å². The molecule has 0 bridgehead atoms. The summed E-state index contributed by atoms with van der Waals surface area (Å²) in [5, 5.41) is 0.0882. The van der Waals surface area contributed by atoms with Gasteiger partial charge in [0.25, 0.3) is 0 Å². The fraction of sp³-hybridized carbons (Fsp3) is 0.0833. The predicted octanol–water partition coefficient (Wildman–Crippen LogP) is 2.85. The van der Waals surface area contributed by atoms with Crippen LogP contribution in [0.3, 0.4) is 0 Å². The minimum Gasteiger partial charge on any atom is -0.464 e. The van der Waals surface area contributed by atoms with E-state index in [4.69, 9.17) is 16.3 Å². The summed E-state index contributed by atoms with van der Waals surface area (Å²) in [6.45, 7) is 0. The molecule has 0 aliphatic rings. The zero-order valence-corrected chi connectivity index (χ0v) is 10.5. The molecule has 0 saturated heterocycles. The van der Waals surface area contributed by atoms with E-state index < -0.39 is 11.8 Å². The van der Waals surface area contributed by atoms with Gasteiger partial charge in [-0.3, -0.25) is 4.98 Å². The Balaban J connectivity index is 2.26. The minimum atomic E-state index is -0.636. The molecule has 0 spiro atoms. The van der Waals surface area contributed by atoms with Crippen LogP contribution in [0.2, 0.25) is 5.02 Å². The SMILES string of the molecule is COC(=O)c1cncc(Oc2ccc(F)cc2Cl)n1. The number of carbonyl (C=O) groups is 1. The maximum atomic E-state index is 12.9. The maximum absolute atomic E-state index is 12.9. The second kappa shape index (κ2) is 5.62. The van der Waals surface area contributed by atoms with Crippen LogP contribution in [0.4, 0.5) is 4.39 Å². The number of methoxy groups -OCH3 is 1. The Kier molecular flexibility index (Phi) is 3.91. The summed E-state index contributed by atoms with van der Waals surface area (Å²) in [5.74, 6) is -0.856. The summed E-state index contributed by atoms with van der Waals surface area (Å²) in [4.78, 5) is 19.0. The van der Waals surface area contributed by atoms with Gasteiger partial charge in [0.15, 0.2) is 5.69 Å². The molecule has 98 valence electrons. The van der Waals surface area contributed by atoms with Crippen molar-refractivity contribution in [1.82, 2.24) is 9.97 Å². The number of esters is 1. The molecule has 0 amide bonds. The standard InChI is InChI=1S/C12H8ClFN2O3/c1-18-12(17)9-5-15-6-11(16-9)19-10-3-2-7(14)4-8(10)13/h2-6H,1H3. The van der Waals surface area contributed by atoms with Gasteiger partial charge in [0.1, 0.15) is 11.6 Å². The van der Waals surface area contributed by atoms with E-state index in [0.717, 1.165) is 6.07 Å². The quantitative estimate of drug-likeness (QED) is 0.810. The number of nitrogens with zero attached hydrogens (tertiary/aromatic N) is 2. The van der Waals surface area contributed by atoms with Crippen LogP contribution in [0.25, 0.3) is 0 Å². The molecule has 0 aliphatic carbocycles. The number of rotatable bonds is 3. The first-order valence-electron chi connectivity index (χ1n) is 5.13. The molecule has 7 heteroatoms. The van der Waals surface area contributed by atoms with E-state index in [-0.39, 0.29) is 22.3 Å². The van der Waals surface area contributed by atoms with E-state index in [9.17, 15) is 9.18 Å². The average Bonchev–Trinajstić information content (AvgIpc) is 2.41. The van der Waals surface area contributed by atoms with Crippen molar-refractivity contribution < 1.29 is 18.7 Å². The Hall–Kier alpha value is -2.21. The second-order valence-corrected chi connectivity index (χ2v) is 3.82. The maximum Gasteiger partial charge on any atom is 0.358 e. The van der Waals surface area contributed by atoms with E-state index in [1.165, 1.54) is 31.6 Å². The number of hydrogen-bond acceptors (Lipinski definition) is 5. The van der Waals surface area contributed by atoms with Crippen molar-refractivity contribution in [3.63, 3.8) is 0 Å². The summed E-state index contributed by atoms with van der Waals surface area (Å²) in [5.41, 5.74) is -0.00164. The first kappa shape index (κ1) is 13.2. The number of hydrogen-bond donors (Lipinski definition) is 0. The molecule has 0 atom stereocenters. The Morgan fingerprint density at radius 2 is 2.16 bits per heavy atom. The summed E-state index contributed by atoms with van der Waals surface area (Å²) in [6.07, 6.45) is 2.54. The van der Waals surface area contributed by atoms with Gasteiger partial charge in [-0.05, 0) is 18.2 Å². The zero-order chi connectivity index (χ0) is 13.8. The minimum absolute atomic E-state index is 0.00164. The van der Waals surface area contributed by atoms with E-state index in [0.29, 0.717) is 0 Å². The molecule has 0 fully saturated rings. The molecular weight excluding hydrogens is 275 g/mol. The van der Waals surface area contributed by atoms with Crippen molar-refractivity contribution in [2.75, 3.05) is 7.11 Å². The van der Waals surface area contributed by atoms with Crippen molar-refractivity contribution in [1.29, 1.82) is 0 Å². The summed E-state index contributed by atoms with van der Waals surface area (Å²) in [7, 11) is 1.23. The van der Waals surface area contributed by atoms with Crippen molar-refractivity contribution in [3.8, 4) is 11.6 Å². The van der Waals surface area contributed by atoms with Gasteiger partial charge < -0.3 is 9.47 Å².